The largest absolute Gasteiger partial charge is 0.394 e. The van der Waals surface area contributed by atoms with E-state index in [1.54, 1.807) is 28.8 Å². The Morgan fingerprint density at radius 1 is 1.06 bits per heavy atom. The minimum Gasteiger partial charge on any atom is -0.394 e. The molecule has 1 saturated carbocycles. The standard InChI is InChI=1S/C27H31N3O4/c1-28(2)26(33)21-8-4-7-20(13-21)17-9-11-18(12-10-17)25-22-14-29(27(34)19-5-3-6-19)15-24(32)30(22)23(25)16-31/h4,7-13,19,22-23,25,31H,3,5-6,14-16H2,1-2H3/t22-,23+,25-/m0/s1. The minimum absolute atomic E-state index is 0.0124. The molecule has 2 saturated heterocycles. The maximum atomic E-state index is 12.8. The number of carbonyl (C=O) groups is 3. The molecule has 2 aromatic rings. The molecule has 3 fully saturated rings. The SMILES string of the molecule is CN(C)C(=O)c1cccc(-c2ccc([C@@H]3[C@@H](CO)N4C(=O)CN(C(=O)C5CCC5)C[C@@H]34)cc2)c1. The van der Waals surface area contributed by atoms with Crippen LogP contribution in [0.1, 0.15) is 41.1 Å². The van der Waals surface area contributed by atoms with Gasteiger partial charge in [0.25, 0.3) is 5.91 Å². The second-order valence-corrected chi connectivity index (χ2v) is 9.89. The van der Waals surface area contributed by atoms with E-state index in [9.17, 15) is 19.5 Å². The van der Waals surface area contributed by atoms with Crippen molar-refractivity contribution in [1.29, 1.82) is 0 Å². The van der Waals surface area contributed by atoms with Gasteiger partial charge in [-0.3, -0.25) is 14.4 Å². The predicted octanol–water partition coefficient (Wildman–Crippen LogP) is 2.35. The number of aliphatic hydroxyl groups excluding tert-OH is 1. The first-order valence-electron chi connectivity index (χ1n) is 12.0. The Bertz CT molecular complexity index is 1110. The fourth-order valence-electron chi connectivity index (χ4n) is 5.57. The number of hydrogen-bond donors (Lipinski definition) is 1. The molecule has 7 heteroatoms. The van der Waals surface area contributed by atoms with Crippen LogP contribution in [-0.2, 0) is 9.59 Å². The summed E-state index contributed by atoms with van der Waals surface area (Å²) in [6.07, 6.45) is 2.92. The van der Waals surface area contributed by atoms with Gasteiger partial charge in [-0.15, -0.1) is 0 Å². The summed E-state index contributed by atoms with van der Waals surface area (Å²) in [5.74, 6) is 0.0514. The molecule has 2 aromatic carbocycles. The molecular formula is C27H31N3O4. The topological polar surface area (TPSA) is 81.2 Å². The second kappa shape index (κ2) is 8.87. The molecule has 0 spiro atoms. The minimum atomic E-state index is -0.259. The molecule has 0 aromatic heterocycles. The van der Waals surface area contributed by atoms with Gasteiger partial charge in [0, 0.05) is 38.0 Å². The van der Waals surface area contributed by atoms with Crippen LogP contribution in [0.2, 0.25) is 0 Å². The van der Waals surface area contributed by atoms with E-state index in [-0.39, 0.29) is 54.8 Å². The van der Waals surface area contributed by atoms with Gasteiger partial charge in [-0.05, 0) is 41.7 Å². The zero-order valence-corrected chi connectivity index (χ0v) is 19.7. The quantitative estimate of drug-likeness (QED) is 0.741. The average molecular weight is 462 g/mol. The number of benzene rings is 2. The van der Waals surface area contributed by atoms with Crippen LogP contribution >= 0.6 is 0 Å². The van der Waals surface area contributed by atoms with Crippen molar-refractivity contribution in [3.05, 3.63) is 59.7 Å². The Morgan fingerprint density at radius 3 is 2.41 bits per heavy atom. The van der Waals surface area contributed by atoms with Crippen LogP contribution in [0.4, 0.5) is 0 Å². The highest BCUT2D eigenvalue weighted by Gasteiger charge is 2.54. The van der Waals surface area contributed by atoms with Gasteiger partial charge in [0.1, 0.15) is 0 Å². The maximum absolute atomic E-state index is 12.8. The molecule has 3 atom stereocenters. The molecule has 5 rings (SSSR count). The van der Waals surface area contributed by atoms with Gasteiger partial charge in [0.15, 0.2) is 0 Å². The molecule has 2 heterocycles. The number of fused-ring (bicyclic) bond motifs is 1. The second-order valence-electron chi connectivity index (χ2n) is 9.89. The summed E-state index contributed by atoms with van der Waals surface area (Å²) in [6, 6.07) is 15.3. The van der Waals surface area contributed by atoms with Gasteiger partial charge in [-0.2, -0.15) is 0 Å². The first kappa shape index (κ1) is 22.6. The van der Waals surface area contributed by atoms with Gasteiger partial charge in [-0.1, -0.05) is 42.8 Å². The van der Waals surface area contributed by atoms with E-state index in [1.807, 2.05) is 48.5 Å². The van der Waals surface area contributed by atoms with Crippen LogP contribution in [-0.4, -0.2) is 83.4 Å². The van der Waals surface area contributed by atoms with E-state index < -0.39 is 0 Å². The third kappa shape index (κ3) is 3.78. The van der Waals surface area contributed by atoms with Crippen molar-refractivity contribution in [3.63, 3.8) is 0 Å². The first-order chi connectivity index (χ1) is 16.4. The lowest BCUT2D eigenvalue weighted by Gasteiger charge is -2.59. The van der Waals surface area contributed by atoms with Crippen LogP contribution in [0.15, 0.2) is 48.5 Å². The number of piperazine rings is 1. The van der Waals surface area contributed by atoms with Gasteiger partial charge < -0.3 is 19.8 Å². The number of amides is 3. The van der Waals surface area contributed by atoms with E-state index in [0.717, 1.165) is 36.0 Å². The lowest BCUT2D eigenvalue weighted by molar-refractivity contribution is -0.169. The van der Waals surface area contributed by atoms with Gasteiger partial charge in [0.2, 0.25) is 11.8 Å². The van der Waals surface area contributed by atoms with Crippen LogP contribution in [0, 0.1) is 5.92 Å². The zero-order valence-electron chi connectivity index (χ0n) is 19.7. The number of carbonyl (C=O) groups excluding carboxylic acids is 3. The summed E-state index contributed by atoms with van der Waals surface area (Å²) in [7, 11) is 3.47. The van der Waals surface area contributed by atoms with Crippen molar-refractivity contribution in [1.82, 2.24) is 14.7 Å². The zero-order chi connectivity index (χ0) is 24.0. The van der Waals surface area contributed by atoms with E-state index in [0.29, 0.717) is 12.1 Å². The summed E-state index contributed by atoms with van der Waals surface area (Å²) >= 11 is 0. The van der Waals surface area contributed by atoms with E-state index in [2.05, 4.69) is 0 Å². The van der Waals surface area contributed by atoms with Crippen LogP contribution in [0.3, 0.4) is 0 Å². The molecular weight excluding hydrogens is 430 g/mol. The molecule has 0 bridgehead atoms. The highest BCUT2D eigenvalue weighted by atomic mass is 16.3. The van der Waals surface area contributed by atoms with Crippen LogP contribution in [0.25, 0.3) is 11.1 Å². The monoisotopic (exact) mass is 461 g/mol. The molecule has 1 N–H and O–H groups in total. The van der Waals surface area contributed by atoms with Crippen molar-refractivity contribution in [2.45, 2.75) is 37.3 Å². The molecule has 1 aliphatic carbocycles. The van der Waals surface area contributed by atoms with Crippen molar-refractivity contribution in [2.24, 2.45) is 5.92 Å². The molecule has 34 heavy (non-hydrogen) atoms. The lowest BCUT2D eigenvalue weighted by atomic mass is 9.73. The highest BCUT2D eigenvalue weighted by molar-refractivity contribution is 5.95. The molecule has 0 radical (unpaired) electrons. The van der Waals surface area contributed by atoms with Gasteiger partial charge in [-0.25, -0.2) is 0 Å². The molecule has 3 amide bonds. The third-order valence-corrected chi connectivity index (χ3v) is 7.66. The number of rotatable bonds is 5. The van der Waals surface area contributed by atoms with Crippen LogP contribution in [0.5, 0.6) is 0 Å². The summed E-state index contributed by atoms with van der Waals surface area (Å²) in [5, 5.41) is 10.0. The van der Waals surface area contributed by atoms with Crippen LogP contribution < -0.4 is 0 Å². The highest BCUT2D eigenvalue weighted by Crippen LogP contribution is 2.44. The van der Waals surface area contributed by atoms with Crippen molar-refractivity contribution >= 4 is 17.7 Å². The number of nitrogens with zero attached hydrogens (tertiary/aromatic N) is 3. The normalized spacial score (nSPS) is 24.2. The first-order valence-corrected chi connectivity index (χ1v) is 12.0. The Labute approximate surface area is 200 Å². The van der Waals surface area contributed by atoms with E-state index in [4.69, 9.17) is 0 Å². The van der Waals surface area contributed by atoms with Crippen molar-refractivity contribution in [2.75, 3.05) is 33.8 Å². The third-order valence-electron chi connectivity index (χ3n) is 7.66. The average Bonchev–Trinajstić information content (AvgIpc) is 2.79. The van der Waals surface area contributed by atoms with Gasteiger partial charge >= 0.3 is 0 Å². The Hall–Kier alpha value is -3.19. The molecule has 178 valence electrons. The van der Waals surface area contributed by atoms with E-state index in [1.165, 1.54) is 0 Å². The lowest BCUT2D eigenvalue weighted by Crippen LogP contribution is -2.73. The maximum Gasteiger partial charge on any atom is 0.253 e. The summed E-state index contributed by atoms with van der Waals surface area (Å²) in [5.41, 5.74) is 3.64. The Kier molecular flexibility index (Phi) is 5.90. The molecule has 0 unspecified atom stereocenters. The van der Waals surface area contributed by atoms with Crippen molar-refractivity contribution in [3.8, 4) is 11.1 Å². The van der Waals surface area contributed by atoms with Gasteiger partial charge in [0.05, 0.1) is 25.2 Å². The molecule has 3 aliphatic rings. The molecule has 7 nitrogen and oxygen atoms in total. The Morgan fingerprint density at radius 2 is 1.79 bits per heavy atom. The summed E-state index contributed by atoms with van der Waals surface area (Å²) in [4.78, 5) is 43.0. The molecule has 2 aliphatic heterocycles. The summed E-state index contributed by atoms with van der Waals surface area (Å²) < 4.78 is 0. The fraction of sp³-hybridized carbons (Fsp3) is 0.444. The fourth-order valence-corrected chi connectivity index (χ4v) is 5.57. The Balaban J connectivity index is 1.36. The number of hydrogen-bond acceptors (Lipinski definition) is 4. The predicted molar refractivity (Wildman–Crippen MR) is 128 cm³/mol. The smallest absolute Gasteiger partial charge is 0.253 e. The summed E-state index contributed by atoms with van der Waals surface area (Å²) in [6.45, 7) is 0.550. The number of aliphatic hydroxyl groups is 1. The van der Waals surface area contributed by atoms with Crippen molar-refractivity contribution < 1.29 is 19.5 Å². The van der Waals surface area contributed by atoms with E-state index >= 15 is 0 Å².